The molecule has 9 heteroatoms. The predicted molar refractivity (Wildman–Crippen MR) is 136 cm³/mol. The summed E-state index contributed by atoms with van der Waals surface area (Å²) in [6.45, 7) is 0.448. The minimum absolute atomic E-state index is 0.193. The van der Waals surface area contributed by atoms with Crippen molar-refractivity contribution in [3.05, 3.63) is 56.9 Å². The van der Waals surface area contributed by atoms with Crippen LogP contribution in [0.2, 0.25) is 5.02 Å². The Kier molecular flexibility index (Phi) is 7.38. The molecule has 0 radical (unpaired) electrons. The van der Waals surface area contributed by atoms with E-state index in [1.807, 2.05) is 6.07 Å². The second kappa shape index (κ2) is 10.4. The van der Waals surface area contributed by atoms with Crippen LogP contribution in [-0.2, 0) is 19.4 Å². The molecular weight excluding hydrogens is 476 g/mol. The molecule has 1 heterocycles. The Morgan fingerprint density at radius 2 is 1.65 bits per heavy atom. The number of carbonyl (C=O) groups excluding carboxylic acids is 1. The summed E-state index contributed by atoms with van der Waals surface area (Å²) < 4.78 is 21.8. The Morgan fingerprint density at radius 3 is 2.35 bits per heavy atom. The van der Waals surface area contributed by atoms with Crippen LogP contribution in [0, 0.1) is 0 Å². The highest BCUT2D eigenvalue weighted by Crippen LogP contribution is 2.41. The third kappa shape index (κ3) is 4.74. The number of carbonyl (C=O) groups is 1. The summed E-state index contributed by atoms with van der Waals surface area (Å²) in [6.07, 6.45) is 2.90. The Labute approximate surface area is 207 Å². The van der Waals surface area contributed by atoms with Gasteiger partial charge in [0.1, 0.15) is 16.5 Å². The molecule has 0 saturated carbocycles. The Bertz CT molecular complexity index is 1210. The molecule has 180 valence electrons. The van der Waals surface area contributed by atoms with Crippen molar-refractivity contribution in [3.63, 3.8) is 0 Å². The van der Waals surface area contributed by atoms with E-state index in [4.69, 9.17) is 30.5 Å². The van der Waals surface area contributed by atoms with E-state index in [0.29, 0.717) is 45.8 Å². The van der Waals surface area contributed by atoms with Crippen LogP contribution in [0.3, 0.4) is 0 Å². The first-order valence-electron chi connectivity index (χ1n) is 10.8. The predicted octanol–water partition coefficient (Wildman–Crippen LogP) is 5.79. The van der Waals surface area contributed by atoms with Gasteiger partial charge in [-0.2, -0.15) is 0 Å². The van der Waals surface area contributed by atoms with E-state index >= 15 is 0 Å². The highest BCUT2D eigenvalue weighted by Gasteiger charge is 2.27. The first-order chi connectivity index (χ1) is 16.5. The number of methoxy groups -OCH3 is 4. The van der Waals surface area contributed by atoms with Gasteiger partial charge < -0.3 is 29.6 Å². The number of aryl methyl sites for hydroxylation is 1. The number of fused-ring (bicyclic) bond motifs is 1. The maximum atomic E-state index is 13.4. The fourth-order valence-electron chi connectivity index (χ4n) is 4.14. The number of amides is 1. The quantitative estimate of drug-likeness (QED) is 0.385. The molecule has 1 aromatic heterocycles. The third-order valence-corrected chi connectivity index (χ3v) is 7.27. The lowest BCUT2D eigenvalue weighted by Gasteiger charge is -2.16. The molecule has 4 rings (SSSR count). The number of benzene rings is 2. The Balaban J connectivity index is 1.63. The van der Waals surface area contributed by atoms with Crippen LogP contribution in [0.15, 0.2) is 30.3 Å². The summed E-state index contributed by atoms with van der Waals surface area (Å²) in [5.74, 6) is 2.23. The highest BCUT2D eigenvalue weighted by atomic mass is 35.5. The zero-order valence-corrected chi connectivity index (χ0v) is 21.1. The standard InChI is InChI=1S/C25H27ClN2O5S/c1-30-18-9-8-15(26)11-17(18)28-24(29)23-16-6-5-7-22(16)34-25(23)27-13-14-10-20(32-3)21(33-4)12-19(14)31-2/h8-12,27H,5-7,13H2,1-4H3,(H,28,29). The molecule has 0 aliphatic heterocycles. The van der Waals surface area contributed by atoms with Crippen LogP contribution in [0.1, 0.15) is 32.8 Å². The minimum Gasteiger partial charge on any atom is -0.496 e. The third-order valence-electron chi connectivity index (χ3n) is 5.78. The normalized spacial score (nSPS) is 12.1. The van der Waals surface area contributed by atoms with Crippen molar-refractivity contribution in [2.45, 2.75) is 25.8 Å². The summed E-state index contributed by atoms with van der Waals surface area (Å²) in [5, 5.41) is 7.78. The number of anilines is 2. The summed E-state index contributed by atoms with van der Waals surface area (Å²) in [6, 6.07) is 8.82. The van der Waals surface area contributed by atoms with Crippen LogP contribution in [0.4, 0.5) is 10.7 Å². The molecule has 1 amide bonds. The van der Waals surface area contributed by atoms with Crippen LogP contribution in [-0.4, -0.2) is 34.3 Å². The number of thiophene rings is 1. The van der Waals surface area contributed by atoms with Crippen molar-refractivity contribution in [1.29, 1.82) is 0 Å². The molecular formula is C25H27ClN2O5S. The number of hydrogen-bond acceptors (Lipinski definition) is 7. The molecule has 0 unspecified atom stereocenters. The van der Waals surface area contributed by atoms with Gasteiger partial charge in [-0.05, 0) is 49.1 Å². The molecule has 0 spiro atoms. The van der Waals surface area contributed by atoms with E-state index in [9.17, 15) is 4.79 Å². The highest BCUT2D eigenvalue weighted by molar-refractivity contribution is 7.16. The van der Waals surface area contributed by atoms with Crippen LogP contribution >= 0.6 is 22.9 Å². The van der Waals surface area contributed by atoms with Gasteiger partial charge in [0.2, 0.25) is 0 Å². The lowest BCUT2D eigenvalue weighted by Crippen LogP contribution is -2.16. The van der Waals surface area contributed by atoms with Gasteiger partial charge in [0.25, 0.3) is 5.91 Å². The minimum atomic E-state index is -0.193. The van der Waals surface area contributed by atoms with E-state index in [2.05, 4.69) is 10.6 Å². The monoisotopic (exact) mass is 502 g/mol. The Morgan fingerprint density at radius 1 is 0.941 bits per heavy atom. The first-order valence-corrected chi connectivity index (χ1v) is 12.0. The second-order valence-corrected chi connectivity index (χ2v) is 9.27. The van der Waals surface area contributed by atoms with Gasteiger partial charge in [0, 0.05) is 28.1 Å². The smallest absolute Gasteiger partial charge is 0.259 e. The van der Waals surface area contributed by atoms with Gasteiger partial charge >= 0.3 is 0 Å². The molecule has 0 atom stereocenters. The van der Waals surface area contributed by atoms with Gasteiger partial charge in [0.05, 0.1) is 39.7 Å². The summed E-state index contributed by atoms with van der Waals surface area (Å²) >= 11 is 7.78. The maximum absolute atomic E-state index is 13.4. The van der Waals surface area contributed by atoms with Gasteiger partial charge in [-0.1, -0.05) is 11.6 Å². The topological polar surface area (TPSA) is 78.0 Å². The zero-order valence-electron chi connectivity index (χ0n) is 19.5. The molecule has 0 fully saturated rings. The molecule has 3 aromatic rings. The van der Waals surface area contributed by atoms with Crippen molar-refractivity contribution in [2.75, 3.05) is 39.1 Å². The first kappa shape index (κ1) is 24.0. The van der Waals surface area contributed by atoms with E-state index < -0.39 is 0 Å². The van der Waals surface area contributed by atoms with Crippen molar-refractivity contribution in [1.82, 2.24) is 0 Å². The van der Waals surface area contributed by atoms with Crippen molar-refractivity contribution < 1.29 is 23.7 Å². The number of nitrogens with one attached hydrogen (secondary N) is 2. The molecule has 2 N–H and O–H groups in total. The second-order valence-electron chi connectivity index (χ2n) is 7.73. The lowest BCUT2D eigenvalue weighted by atomic mass is 10.1. The van der Waals surface area contributed by atoms with Gasteiger partial charge in [-0.3, -0.25) is 4.79 Å². The SMILES string of the molecule is COc1cc(OC)c(OC)cc1CNc1sc2c(c1C(=O)Nc1cc(Cl)ccc1OC)CCC2. The fourth-order valence-corrected chi connectivity index (χ4v) is 5.59. The molecule has 7 nitrogen and oxygen atoms in total. The van der Waals surface area contributed by atoms with Gasteiger partial charge in [0.15, 0.2) is 11.5 Å². The molecule has 1 aliphatic carbocycles. The number of ether oxygens (including phenoxy) is 4. The van der Waals surface area contributed by atoms with Gasteiger partial charge in [-0.25, -0.2) is 0 Å². The lowest BCUT2D eigenvalue weighted by molar-refractivity contribution is 0.102. The maximum Gasteiger partial charge on any atom is 0.259 e. The molecule has 34 heavy (non-hydrogen) atoms. The van der Waals surface area contributed by atoms with Gasteiger partial charge in [-0.15, -0.1) is 11.3 Å². The average molecular weight is 503 g/mol. The zero-order chi connectivity index (χ0) is 24.2. The number of hydrogen-bond donors (Lipinski definition) is 2. The fraction of sp³-hybridized carbons (Fsp3) is 0.320. The summed E-state index contributed by atoms with van der Waals surface area (Å²) in [4.78, 5) is 14.7. The molecule has 0 saturated heterocycles. The van der Waals surface area contributed by atoms with Crippen molar-refractivity contribution >= 4 is 39.5 Å². The van der Waals surface area contributed by atoms with E-state index in [1.165, 1.54) is 4.88 Å². The van der Waals surface area contributed by atoms with E-state index in [1.54, 1.807) is 64.0 Å². The number of rotatable bonds is 9. The average Bonchev–Trinajstić information content (AvgIpc) is 3.43. The Hall–Kier alpha value is -3.10. The van der Waals surface area contributed by atoms with Crippen LogP contribution in [0.25, 0.3) is 0 Å². The van der Waals surface area contributed by atoms with Crippen molar-refractivity contribution in [3.8, 4) is 23.0 Å². The largest absolute Gasteiger partial charge is 0.496 e. The summed E-state index contributed by atoms with van der Waals surface area (Å²) in [7, 11) is 6.35. The molecule has 1 aliphatic rings. The van der Waals surface area contributed by atoms with E-state index in [0.717, 1.165) is 35.4 Å². The molecule has 0 bridgehead atoms. The van der Waals surface area contributed by atoms with Crippen LogP contribution in [0.5, 0.6) is 23.0 Å². The van der Waals surface area contributed by atoms with Crippen molar-refractivity contribution in [2.24, 2.45) is 0 Å². The van der Waals surface area contributed by atoms with Crippen LogP contribution < -0.4 is 29.6 Å². The summed E-state index contributed by atoms with van der Waals surface area (Å²) in [5.41, 5.74) is 3.19. The van der Waals surface area contributed by atoms with E-state index in [-0.39, 0.29) is 5.91 Å². The molecule has 2 aromatic carbocycles. The number of halogens is 1.